The SMILES string of the molecule is CC(C)(C)c1cc(/C=N/NC(=O)c2cc(-c3ccc4ccccc4c3)n[nH]2)cc(C(C)(C)C)c1O. The molecule has 0 aliphatic heterocycles. The number of nitrogens with zero attached hydrogens (tertiary/aromatic N) is 2. The highest BCUT2D eigenvalue weighted by Crippen LogP contribution is 2.39. The average molecular weight is 469 g/mol. The van der Waals surface area contributed by atoms with Crippen LogP contribution in [0.25, 0.3) is 22.0 Å². The summed E-state index contributed by atoms with van der Waals surface area (Å²) in [7, 11) is 0. The third kappa shape index (κ3) is 5.27. The number of phenolic OH excluding ortho intramolecular Hbond substituents is 1. The Kier molecular flexibility index (Phi) is 6.24. The molecule has 0 fully saturated rings. The van der Waals surface area contributed by atoms with Crippen LogP contribution in [-0.2, 0) is 10.8 Å². The van der Waals surface area contributed by atoms with E-state index in [1.165, 1.54) is 0 Å². The standard InChI is InChI=1S/C29H32N4O2/c1-28(2,3)22-13-18(14-23(26(22)34)29(4,5)6)17-30-33-27(35)25-16-24(31-32-25)21-12-11-19-9-7-8-10-20(19)15-21/h7-17,34H,1-6H3,(H,31,32)(H,33,35)/b30-17+. The van der Waals surface area contributed by atoms with Gasteiger partial charge in [0, 0.05) is 16.7 Å². The van der Waals surface area contributed by atoms with Crippen LogP contribution in [0.15, 0.2) is 65.8 Å². The van der Waals surface area contributed by atoms with E-state index in [1.807, 2.05) is 42.5 Å². The van der Waals surface area contributed by atoms with Gasteiger partial charge in [-0.2, -0.15) is 10.2 Å². The van der Waals surface area contributed by atoms with Crippen LogP contribution in [0.3, 0.4) is 0 Å². The van der Waals surface area contributed by atoms with E-state index in [1.54, 1.807) is 12.3 Å². The van der Waals surface area contributed by atoms with Gasteiger partial charge in [-0.1, -0.05) is 77.9 Å². The molecule has 0 aliphatic carbocycles. The molecular weight excluding hydrogens is 436 g/mol. The Morgan fingerprint density at radius 1 is 0.914 bits per heavy atom. The van der Waals surface area contributed by atoms with E-state index in [4.69, 9.17) is 0 Å². The van der Waals surface area contributed by atoms with Crippen molar-refractivity contribution in [2.45, 2.75) is 52.4 Å². The Hall–Kier alpha value is -3.93. The van der Waals surface area contributed by atoms with Crippen LogP contribution >= 0.6 is 0 Å². The van der Waals surface area contributed by atoms with Crippen LogP contribution < -0.4 is 5.43 Å². The Morgan fingerprint density at radius 2 is 1.54 bits per heavy atom. The molecular formula is C29H32N4O2. The van der Waals surface area contributed by atoms with Crippen LogP contribution in [-0.4, -0.2) is 27.4 Å². The number of aromatic nitrogens is 2. The number of carbonyl (C=O) groups excluding carboxylic acids is 1. The second-order valence-electron chi connectivity index (χ2n) is 10.9. The average Bonchev–Trinajstić information content (AvgIpc) is 3.28. The van der Waals surface area contributed by atoms with Crippen molar-refractivity contribution in [2.24, 2.45) is 5.10 Å². The minimum atomic E-state index is -0.383. The van der Waals surface area contributed by atoms with Gasteiger partial charge >= 0.3 is 0 Å². The number of fused-ring (bicyclic) bond motifs is 1. The number of aromatic hydroxyl groups is 1. The Labute approximate surface area is 206 Å². The summed E-state index contributed by atoms with van der Waals surface area (Å²) >= 11 is 0. The first kappa shape index (κ1) is 24.2. The van der Waals surface area contributed by atoms with Gasteiger partial charge in [0.15, 0.2) is 0 Å². The molecule has 0 radical (unpaired) electrons. The zero-order valence-corrected chi connectivity index (χ0v) is 21.1. The molecule has 0 saturated heterocycles. The number of carbonyl (C=O) groups is 1. The maximum Gasteiger partial charge on any atom is 0.289 e. The molecule has 1 amide bonds. The predicted molar refractivity (Wildman–Crippen MR) is 142 cm³/mol. The van der Waals surface area contributed by atoms with Crippen molar-refractivity contribution in [3.8, 4) is 17.0 Å². The van der Waals surface area contributed by atoms with E-state index in [0.29, 0.717) is 17.1 Å². The summed E-state index contributed by atoms with van der Waals surface area (Å²) < 4.78 is 0. The van der Waals surface area contributed by atoms with Gasteiger partial charge in [-0.3, -0.25) is 9.89 Å². The van der Waals surface area contributed by atoms with E-state index in [9.17, 15) is 9.90 Å². The summed E-state index contributed by atoms with van der Waals surface area (Å²) in [5.41, 5.74) is 6.50. The first-order valence-corrected chi connectivity index (χ1v) is 11.7. The monoisotopic (exact) mass is 468 g/mol. The highest BCUT2D eigenvalue weighted by molar-refractivity contribution is 5.94. The highest BCUT2D eigenvalue weighted by Gasteiger charge is 2.26. The fraction of sp³-hybridized carbons (Fsp3) is 0.276. The van der Waals surface area contributed by atoms with Crippen LogP contribution in [0.4, 0.5) is 0 Å². The fourth-order valence-electron chi connectivity index (χ4n) is 4.03. The molecule has 4 rings (SSSR count). The van der Waals surface area contributed by atoms with Crippen molar-refractivity contribution < 1.29 is 9.90 Å². The summed E-state index contributed by atoms with van der Waals surface area (Å²) in [5.74, 6) is -0.0727. The summed E-state index contributed by atoms with van der Waals surface area (Å²) in [4.78, 5) is 12.7. The predicted octanol–water partition coefficient (Wildman–Crippen LogP) is 6.29. The van der Waals surface area contributed by atoms with Crippen molar-refractivity contribution in [1.29, 1.82) is 0 Å². The molecule has 1 heterocycles. The van der Waals surface area contributed by atoms with Gasteiger partial charge in [0.1, 0.15) is 11.4 Å². The molecule has 6 heteroatoms. The molecule has 35 heavy (non-hydrogen) atoms. The molecule has 3 aromatic carbocycles. The smallest absolute Gasteiger partial charge is 0.289 e. The number of nitrogens with one attached hydrogen (secondary N) is 2. The Morgan fingerprint density at radius 3 is 2.17 bits per heavy atom. The van der Waals surface area contributed by atoms with Crippen molar-refractivity contribution in [3.05, 3.63) is 83.0 Å². The molecule has 0 unspecified atom stereocenters. The number of benzene rings is 3. The van der Waals surface area contributed by atoms with E-state index in [0.717, 1.165) is 33.0 Å². The van der Waals surface area contributed by atoms with E-state index >= 15 is 0 Å². The largest absolute Gasteiger partial charge is 0.507 e. The second kappa shape index (κ2) is 9.02. The van der Waals surface area contributed by atoms with Gasteiger partial charge in [0.2, 0.25) is 0 Å². The van der Waals surface area contributed by atoms with Crippen molar-refractivity contribution >= 4 is 22.9 Å². The lowest BCUT2D eigenvalue weighted by Gasteiger charge is -2.27. The summed E-state index contributed by atoms with van der Waals surface area (Å²) in [6, 6.07) is 19.7. The number of hydrogen-bond acceptors (Lipinski definition) is 4. The minimum absolute atomic E-state index is 0.244. The van der Waals surface area contributed by atoms with Crippen LogP contribution in [0.1, 0.15) is 68.7 Å². The zero-order valence-electron chi connectivity index (χ0n) is 21.1. The first-order valence-electron chi connectivity index (χ1n) is 11.7. The third-order valence-electron chi connectivity index (χ3n) is 6.00. The molecule has 180 valence electrons. The quantitative estimate of drug-likeness (QED) is 0.243. The molecule has 0 atom stereocenters. The van der Waals surface area contributed by atoms with Gasteiger partial charge in [0.25, 0.3) is 5.91 Å². The number of hydrazone groups is 1. The molecule has 0 aliphatic rings. The lowest BCUT2D eigenvalue weighted by Crippen LogP contribution is -2.19. The number of phenols is 1. The Bertz CT molecular complexity index is 1380. The molecule has 1 aromatic heterocycles. The van der Waals surface area contributed by atoms with Gasteiger partial charge in [-0.05, 0) is 51.4 Å². The maximum atomic E-state index is 12.7. The van der Waals surface area contributed by atoms with Gasteiger partial charge in [0.05, 0.1) is 11.9 Å². The maximum absolute atomic E-state index is 12.7. The van der Waals surface area contributed by atoms with E-state index < -0.39 is 0 Å². The number of aromatic amines is 1. The zero-order chi connectivity index (χ0) is 25.4. The topological polar surface area (TPSA) is 90.4 Å². The van der Waals surface area contributed by atoms with Gasteiger partial charge in [-0.15, -0.1) is 0 Å². The second-order valence-corrected chi connectivity index (χ2v) is 10.9. The lowest BCUT2D eigenvalue weighted by molar-refractivity contribution is 0.0950. The normalized spacial score (nSPS) is 12.4. The molecule has 0 saturated carbocycles. The van der Waals surface area contributed by atoms with Crippen LogP contribution in [0, 0.1) is 0 Å². The summed E-state index contributed by atoms with van der Waals surface area (Å²) in [6.07, 6.45) is 1.60. The van der Waals surface area contributed by atoms with Crippen molar-refractivity contribution in [2.75, 3.05) is 0 Å². The number of H-pyrrole nitrogens is 1. The molecule has 6 nitrogen and oxygen atoms in total. The number of hydrogen-bond donors (Lipinski definition) is 3. The van der Waals surface area contributed by atoms with E-state index in [2.05, 4.69) is 74.4 Å². The lowest BCUT2D eigenvalue weighted by atomic mass is 9.78. The third-order valence-corrected chi connectivity index (χ3v) is 6.00. The first-order chi connectivity index (χ1) is 16.4. The van der Waals surface area contributed by atoms with Crippen LogP contribution in [0.5, 0.6) is 5.75 Å². The van der Waals surface area contributed by atoms with Crippen molar-refractivity contribution in [1.82, 2.24) is 15.6 Å². The highest BCUT2D eigenvalue weighted by atomic mass is 16.3. The van der Waals surface area contributed by atoms with Gasteiger partial charge in [-0.25, -0.2) is 5.43 Å². The molecule has 0 bridgehead atoms. The number of amides is 1. The van der Waals surface area contributed by atoms with Crippen molar-refractivity contribution in [3.63, 3.8) is 0 Å². The molecule has 0 spiro atoms. The van der Waals surface area contributed by atoms with E-state index in [-0.39, 0.29) is 16.7 Å². The summed E-state index contributed by atoms with van der Waals surface area (Å²) in [5, 5.41) is 24.4. The molecule has 4 aromatic rings. The molecule has 3 N–H and O–H groups in total. The summed E-state index contributed by atoms with van der Waals surface area (Å²) in [6.45, 7) is 12.3. The minimum Gasteiger partial charge on any atom is -0.507 e. The van der Waals surface area contributed by atoms with Crippen LogP contribution in [0.2, 0.25) is 0 Å². The van der Waals surface area contributed by atoms with Gasteiger partial charge < -0.3 is 5.11 Å². The Balaban J connectivity index is 1.53. The number of rotatable bonds is 4. The fourth-order valence-corrected chi connectivity index (χ4v) is 4.03.